The van der Waals surface area contributed by atoms with E-state index >= 15 is 0 Å². The zero-order valence-electron chi connectivity index (χ0n) is 15.3. The van der Waals surface area contributed by atoms with Crippen LogP contribution in [0.15, 0.2) is 36.4 Å². The van der Waals surface area contributed by atoms with E-state index in [1.165, 1.54) is 5.56 Å². The number of alkyl halides is 3. The molecule has 150 valence electrons. The van der Waals surface area contributed by atoms with E-state index in [2.05, 4.69) is 63.7 Å². The van der Waals surface area contributed by atoms with Gasteiger partial charge in [-0.25, -0.2) is 4.79 Å². The van der Waals surface area contributed by atoms with Crippen molar-refractivity contribution in [3.05, 3.63) is 42.0 Å². The van der Waals surface area contributed by atoms with E-state index in [1.807, 2.05) is 0 Å². The summed E-state index contributed by atoms with van der Waals surface area (Å²) in [6, 6.07) is 12.6. The number of nitrogens with zero attached hydrogens (tertiary/aromatic N) is 3. The third-order valence-corrected chi connectivity index (χ3v) is 4.92. The summed E-state index contributed by atoms with van der Waals surface area (Å²) >= 11 is 0. The summed E-state index contributed by atoms with van der Waals surface area (Å²) in [5.74, 6) is -0.181. The highest BCUT2D eigenvalue weighted by molar-refractivity contribution is 5.73. The number of hydrogen-bond acceptors (Lipinski definition) is 5. The van der Waals surface area contributed by atoms with Crippen molar-refractivity contribution >= 4 is 11.8 Å². The number of aromatic nitrogens is 2. The second-order valence-corrected chi connectivity index (χ2v) is 7.03. The summed E-state index contributed by atoms with van der Waals surface area (Å²) in [5, 5.41) is 19.5. The molecule has 2 aromatic rings. The lowest BCUT2D eigenvalue weighted by Gasteiger charge is -2.17. The molecule has 2 aliphatic rings. The maximum atomic E-state index is 10.6. The minimum Gasteiger partial charge on any atom is -0.475 e. The van der Waals surface area contributed by atoms with Crippen molar-refractivity contribution in [3.8, 4) is 11.3 Å². The van der Waals surface area contributed by atoms with Crippen molar-refractivity contribution in [2.24, 2.45) is 11.8 Å². The van der Waals surface area contributed by atoms with Crippen LogP contribution < -0.4 is 10.2 Å². The van der Waals surface area contributed by atoms with Crippen molar-refractivity contribution in [3.63, 3.8) is 0 Å². The zero-order valence-corrected chi connectivity index (χ0v) is 15.3. The largest absolute Gasteiger partial charge is 0.490 e. The molecule has 2 atom stereocenters. The lowest BCUT2D eigenvalue weighted by molar-refractivity contribution is -0.192. The van der Waals surface area contributed by atoms with Gasteiger partial charge in [0, 0.05) is 31.7 Å². The van der Waals surface area contributed by atoms with Crippen molar-refractivity contribution in [2.45, 2.75) is 13.1 Å². The van der Waals surface area contributed by atoms with Gasteiger partial charge in [0.2, 0.25) is 0 Å². The first kappa shape index (κ1) is 20.1. The van der Waals surface area contributed by atoms with Crippen LogP contribution in [0.5, 0.6) is 0 Å². The Kier molecular flexibility index (Phi) is 5.83. The summed E-state index contributed by atoms with van der Waals surface area (Å²) in [4.78, 5) is 11.3. The van der Waals surface area contributed by atoms with Gasteiger partial charge in [-0.1, -0.05) is 23.8 Å². The van der Waals surface area contributed by atoms with E-state index in [1.54, 1.807) is 0 Å². The van der Waals surface area contributed by atoms with Crippen LogP contribution in [0.2, 0.25) is 0 Å². The van der Waals surface area contributed by atoms with Crippen molar-refractivity contribution in [1.29, 1.82) is 0 Å². The molecule has 0 bridgehead atoms. The van der Waals surface area contributed by atoms with Crippen molar-refractivity contribution < 1.29 is 23.1 Å². The number of benzene rings is 1. The number of aryl methyl sites for hydroxylation is 1. The van der Waals surface area contributed by atoms with Crippen LogP contribution in [-0.4, -0.2) is 53.6 Å². The van der Waals surface area contributed by atoms with E-state index in [-0.39, 0.29) is 0 Å². The Morgan fingerprint density at radius 3 is 2.29 bits per heavy atom. The summed E-state index contributed by atoms with van der Waals surface area (Å²) in [6.45, 7) is 6.61. The van der Waals surface area contributed by atoms with Crippen LogP contribution in [-0.2, 0) is 4.79 Å². The highest BCUT2D eigenvalue weighted by atomic mass is 19.4. The normalized spacial score (nSPS) is 21.1. The molecule has 28 heavy (non-hydrogen) atoms. The van der Waals surface area contributed by atoms with Gasteiger partial charge in [0.15, 0.2) is 5.82 Å². The van der Waals surface area contributed by atoms with E-state index in [0.29, 0.717) is 0 Å². The van der Waals surface area contributed by atoms with Gasteiger partial charge in [0.25, 0.3) is 0 Å². The molecule has 1 aromatic carbocycles. The molecule has 1 aromatic heterocycles. The number of rotatable bonds is 2. The average molecular weight is 394 g/mol. The molecule has 2 saturated heterocycles. The molecule has 0 spiro atoms. The number of halogens is 3. The van der Waals surface area contributed by atoms with E-state index in [4.69, 9.17) is 9.90 Å². The highest BCUT2D eigenvalue weighted by Gasteiger charge is 2.38. The van der Waals surface area contributed by atoms with Gasteiger partial charge in [-0.05, 0) is 37.0 Å². The Morgan fingerprint density at radius 2 is 1.79 bits per heavy atom. The third-order valence-electron chi connectivity index (χ3n) is 4.92. The number of hydrogen-bond donors (Lipinski definition) is 2. The molecule has 9 heteroatoms. The summed E-state index contributed by atoms with van der Waals surface area (Å²) < 4.78 is 31.7. The lowest BCUT2D eigenvalue weighted by atomic mass is 10.0. The fourth-order valence-electron chi connectivity index (χ4n) is 3.49. The molecule has 0 aliphatic carbocycles. The van der Waals surface area contributed by atoms with Gasteiger partial charge in [0.1, 0.15) is 0 Å². The molecule has 2 unspecified atom stereocenters. The lowest BCUT2D eigenvalue weighted by Crippen LogP contribution is -2.26. The Bertz CT molecular complexity index is 815. The van der Waals surface area contributed by atoms with Gasteiger partial charge >= 0.3 is 12.1 Å². The Hall–Kier alpha value is -2.68. The first-order chi connectivity index (χ1) is 13.2. The molecule has 0 amide bonds. The maximum absolute atomic E-state index is 10.6. The predicted molar refractivity (Wildman–Crippen MR) is 98.0 cm³/mol. The van der Waals surface area contributed by atoms with Crippen LogP contribution >= 0.6 is 0 Å². The Balaban J connectivity index is 0.000000279. The van der Waals surface area contributed by atoms with Crippen LogP contribution in [0, 0.1) is 18.8 Å². The third kappa shape index (κ3) is 4.78. The van der Waals surface area contributed by atoms with Crippen LogP contribution in [0.4, 0.5) is 19.0 Å². The highest BCUT2D eigenvalue weighted by Crippen LogP contribution is 2.29. The molecular weight excluding hydrogens is 373 g/mol. The predicted octanol–water partition coefficient (Wildman–Crippen LogP) is 2.74. The minimum atomic E-state index is -5.08. The molecule has 2 N–H and O–H groups in total. The van der Waals surface area contributed by atoms with Crippen molar-refractivity contribution in [1.82, 2.24) is 15.5 Å². The number of carboxylic acids is 1. The van der Waals surface area contributed by atoms with Crippen LogP contribution in [0.3, 0.4) is 0 Å². The van der Waals surface area contributed by atoms with E-state index < -0.39 is 12.1 Å². The smallest absolute Gasteiger partial charge is 0.475 e. The topological polar surface area (TPSA) is 78.3 Å². The number of anilines is 1. The van der Waals surface area contributed by atoms with Crippen LogP contribution in [0.25, 0.3) is 11.3 Å². The van der Waals surface area contributed by atoms with Crippen LogP contribution in [0.1, 0.15) is 5.56 Å². The first-order valence-electron chi connectivity index (χ1n) is 8.90. The second-order valence-electron chi connectivity index (χ2n) is 7.03. The summed E-state index contributed by atoms with van der Waals surface area (Å²) in [7, 11) is 0. The van der Waals surface area contributed by atoms with Gasteiger partial charge in [-0.3, -0.25) is 0 Å². The number of nitrogens with one attached hydrogen (secondary N) is 1. The SMILES string of the molecule is Cc1cccc(-c2ccc(N3CC4CNCC4C3)nn2)c1.O=C(O)C(F)(F)F. The summed E-state index contributed by atoms with van der Waals surface area (Å²) in [5.41, 5.74) is 3.33. The molecule has 0 radical (unpaired) electrons. The Morgan fingerprint density at radius 1 is 1.14 bits per heavy atom. The Labute approximate surface area is 160 Å². The molecule has 6 nitrogen and oxygen atoms in total. The molecule has 4 rings (SSSR count). The molecular formula is C19H21F3N4O2. The van der Waals surface area contributed by atoms with Gasteiger partial charge in [0.05, 0.1) is 5.69 Å². The zero-order chi connectivity index (χ0) is 20.3. The fraction of sp³-hybridized carbons (Fsp3) is 0.421. The average Bonchev–Trinajstić information content (AvgIpc) is 3.23. The second kappa shape index (κ2) is 8.14. The van der Waals surface area contributed by atoms with Gasteiger partial charge in [-0.2, -0.15) is 13.2 Å². The summed E-state index contributed by atoms with van der Waals surface area (Å²) in [6.07, 6.45) is -5.08. The fourth-order valence-corrected chi connectivity index (χ4v) is 3.49. The number of carbonyl (C=O) groups is 1. The van der Waals surface area contributed by atoms with Crippen molar-refractivity contribution in [2.75, 3.05) is 31.1 Å². The van der Waals surface area contributed by atoms with E-state index in [9.17, 15) is 13.2 Å². The van der Waals surface area contributed by atoms with Gasteiger partial charge in [-0.15, -0.1) is 10.2 Å². The first-order valence-corrected chi connectivity index (χ1v) is 8.90. The maximum Gasteiger partial charge on any atom is 0.490 e. The monoisotopic (exact) mass is 394 g/mol. The molecule has 2 fully saturated rings. The standard InChI is InChI=1S/C17H20N4.C2HF3O2/c1-12-3-2-4-13(7-12)16-5-6-17(20-19-16)21-10-14-8-18-9-15(14)11-21;3-2(4,5)1(6)7/h2-7,14-15,18H,8-11H2,1H3;(H,6,7). The van der Waals surface area contributed by atoms with Gasteiger partial charge < -0.3 is 15.3 Å². The molecule has 0 saturated carbocycles. The quantitative estimate of drug-likeness (QED) is 0.816. The minimum absolute atomic E-state index is 0.781. The molecule has 3 heterocycles. The number of fused-ring (bicyclic) bond motifs is 1. The molecule has 2 aliphatic heterocycles. The number of carboxylic acid groups (broad SMARTS) is 1. The number of aliphatic carboxylic acids is 1. The van der Waals surface area contributed by atoms with E-state index in [0.717, 1.165) is 55.1 Å².